The number of nitrogens with one attached hydrogen (secondary N) is 1. The van der Waals surface area contributed by atoms with Gasteiger partial charge < -0.3 is 4.57 Å². The molecule has 0 atom stereocenters. The van der Waals surface area contributed by atoms with E-state index in [9.17, 15) is 12.8 Å². The topological polar surface area (TPSA) is 64.0 Å². The number of hydrogen-bond acceptors (Lipinski definition) is 3. The molecule has 0 saturated heterocycles. The Hall–Kier alpha value is -1.31. The molecule has 0 bridgehead atoms. The molecule has 0 fully saturated rings. The van der Waals surface area contributed by atoms with E-state index in [1.807, 2.05) is 0 Å². The summed E-state index contributed by atoms with van der Waals surface area (Å²) in [5.74, 6) is -0.789. The molecule has 102 valence electrons. The number of aryl methyl sites for hydroxylation is 1. The van der Waals surface area contributed by atoms with Gasteiger partial charge in [0.05, 0.1) is 12.0 Å². The minimum Gasteiger partial charge on any atom is -0.324 e. The number of anilines is 1. The molecule has 9 heteroatoms. The van der Waals surface area contributed by atoms with Gasteiger partial charge in [-0.3, -0.25) is 4.72 Å². The first kappa shape index (κ1) is 14.1. The minimum absolute atomic E-state index is 0.0677. The summed E-state index contributed by atoms with van der Waals surface area (Å²) in [6, 6.07) is 3.58. The van der Waals surface area contributed by atoms with Crippen LogP contribution < -0.4 is 4.72 Å². The minimum atomic E-state index is -4.06. The van der Waals surface area contributed by atoms with Crippen molar-refractivity contribution in [2.45, 2.75) is 5.03 Å². The van der Waals surface area contributed by atoms with Crippen LogP contribution >= 0.6 is 23.2 Å². The van der Waals surface area contributed by atoms with Crippen LogP contribution in [0.5, 0.6) is 0 Å². The summed E-state index contributed by atoms with van der Waals surface area (Å²) >= 11 is 11.4. The average molecular weight is 324 g/mol. The molecule has 0 radical (unpaired) electrons. The number of nitrogens with zero attached hydrogens (tertiary/aromatic N) is 2. The molecule has 0 saturated carbocycles. The van der Waals surface area contributed by atoms with Crippen LogP contribution in [-0.4, -0.2) is 18.0 Å². The Morgan fingerprint density at radius 3 is 2.58 bits per heavy atom. The van der Waals surface area contributed by atoms with Crippen molar-refractivity contribution in [1.29, 1.82) is 0 Å². The molecule has 1 aromatic heterocycles. The number of rotatable bonds is 3. The number of sulfonamides is 1. The van der Waals surface area contributed by atoms with Gasteiger partial charge in [-0.1, -0.05) is 23.2 Å². The Balaban J connectivity index is 2.39. The van der Waals surface area contributed by atoms with Crippen LogP contribution in [0, 0.1) is 5.82 Å². The van der Waals surface area contributed by atoms with Gasteiger partial charge in [0.25, 0.3) is 10.0 Å². The van der Waals surface area contributed by atoms with E-state index >= 15 is 0 Å². The van der Waals surface area contributed by atoms with Crippen molar-refractivity contribution in [2.75, 3.05) is 4.72 Å². The van der Waals surface area contributed by atoms with Crippen molar-refractivity contribution in [3.63, 3.8) is 0 Å². The van der Waals surface area contributed by atoms with Gasteiger partial charge in [0, 0.05) is 12.1 Å². The van der Waals surface area contributed by atoms with Gasteiger partial charge in [-0.25, -0.2) is 9.37 Å². The normalized spacial score (nSPS) is 11.6. The van der Waals surface area contributed by atoms with Gasteiger partial charge in [-0.05, 0) is 18.2 Å². The van der Waals surface area contributed by atoms with Gasteiger partial charge in [-0.15, -0.1) is 0 Å². The van der Waals surface area contributed by atoms with Crippen molar-refractivity contribution in [3.05, 3.63) is 40.5 Å². The summed E-state index contributed by atoms with van der Waals surface area (Å²) in [7, 11) is -2.52. The second kappa shape index (κ2) is 4.99. The number of hydrogen-bond donors (Lipinski definition) is 1. The first-order chi connectivity index (χ1) is 8.81. The zero-order valence-corrected chi connectivity index (χ0v) is 11.9. The fraction of sp³-hybridized carbons (Fsp3) is 0.100. The maximum Gasteiger partial charge on any atom is 0.282 e. The maximum atomic E-state index is 13.5. The van der Waals surface area contributed by atoms with E-state index in [4.69, 9.17) is 23.2 Å². The molecular weight excluding hydrogens is 316 g/mol. The molecular formula is C10H8Cl2FN3O2S. The van der Waals surface area contributed by atoms with Crippen molar-refractivity contribution in [1.82, 2.24) is 9.55 Å². The fourth-order valence-electron chi connectivity index (χ4n) is 1.34. The molecule has 2 aromatic rings. The van der Waals surface area contributed by atoms with Crippen LogP contribution in [-0.2, 0) is 17.1 Å². The van der Waals surface area contributed by atoms with Crippen LogP contribution in [0.3, 0.4) is 0 Å². The van der Waals surface area contributed by atoms with Crippen LogP contribution in [0.4, 0.5) is 10.1 Å². The van der Waals surface area contributed by atoms with E-state index in [-0.39, 0.29) is 20.9 Å². The number of aromatic nitrogens is 2. The fourth-order valence-corrected chi connectivity index (χ4v) is 3.00. The van der Waals surface area contributed by atoms with E-state index in [0.29, 0.717) is 0 Å². The molecule has 0 unspecified atom stereocenters. The highest BCUT2D eigenvalue weighted by Gasteiger charge is 2.23. The van der Waals surface area contributed by atoms with Crippen molar-refractivity contribution in [3.8, 4) is 0 Å². The molecule has 0 spiro atoms. The van der Waals surface area contributed by atoms with E-state index in [0.717, 1.165) is 6.07 Å². The van der Waals surface area contributed by atoms with E-state index in [2.05, 4.69) is 9.71 Å². The zero-order chi connectivity index (χ0) is 14.2. The van der Waals surface area contributed by atoms with Gasteiger partial charge in [0.1, 0.15) is 11.0 Å². The third-order valence-electron chi connectivity index (χ3n) is 2.26. The molecule has 1 aromatic carbocycles. The lowest BCUT2D eigenvalue weighted by molar-refractivity contribution is 0.595. The van der Waals surface area contributed by atoms with Crippen LogP contribution in [0.15, 0.2) is 29.6 Å². The summed E-state index contributed by atoms with van der Waals surface area (Å²) in [5.41, 5.74) is -0.230. The molecule has 0 aliphatic rings. The quantitative estimate of drug-likeness (QED) is 0.944. The molecule has 0 aliphatic carbocycles. The highest BCUT2D eigenvalue weighted by molar-refractivity contribution is 7.92. The smallest absolute Gasteiger partial charge is 0.282 e. The predicted molar refractivity (Wildman–Crippen MR) is 70.4 cm³/mol. The Morgan fingerprint density at radius 2 is 2.05 bits per heavy atom. The molecule has 5 nitrogen and oxygen atoms in total. The monoisotopic (exact) mass is 323 g/mol. The highest BCUT2D eigenvalue weighted by atomic mass is 35.5. The predicted octanol–water partition coefficient (Wildman–Crippen LogP) is 2.67. The standard InChI is InChI=1S/C10H8Cl2FN3O2S/c1-16-5-14-10(9(16)12)19(17,18)15-8-3-2-6(11)4-7(8)13/h2-5,15H,1H3. The van der Waals surface area contributed by atoms with Crippen molar-refractivity contribution >= 4 is 38.9 Å². The Morgan fingerprint density at radius 1 is 1.37 bits per heavy atom. The molecule has 2 rings (SSSR count). The molecule has 0 amide bonds. The first-order valence-corrected chi connectivity index (χ1v) is 7.20. The second-order valence-electron chi connectivity index (χ2n) is 3.68. The Kier molecular flexibility index (Phi) is 3.71. The third-order valence-corrected chi connectivity index (χ3v) is 4.35. The summed E-state index contributed by atoms with van der Waals surface area (Å²) in [6.07, 6.45) is 1.25. The number of halogens is 3. The van der Waals surface area contributed by atoms with E-state index < -0.39 is 15.8 Å². The Bertz CT molecular complexity index is 730. The molecule has 0 aliphatic heterocycles. The SMILES string of the molecule is Cn1cnc(S(=O)(=O)Nc2ccc(Cl)cc2F)c1Cl. The van der Waals surface area contributed by atoms with E-state index in [1.54, 1.807) is 0 Å². The largest absolute Gasteiger partial charge is 0.324 e. The van der Waals surface area contributed by atoms with E-state index in [1.165, 1.54) is 30.1 Å². The first-order valence-electron chi connectivity index (χ1n) is 4.96. The molecule has 19 heavy (non-hydrogen) atoms. The van der Waals surface area contributed by atoms with Crippen LogP contribution in [0.2, 0.25) is 10.2 Å². The van der Waals surface area contributed by atoms with Gasteiger partial charge in [0.2, 0.25) is 5.03 Å². The van der Waals surface area contributed by atoms with Crippen LogP contribution in [0.25, 0.3) is 0 Å². The van der Waals surface area contributed by atoms with Crippen LogP contribution in [0.1, 0.15) is 0 Å². The lowest BCUT2D eigenvalue weighted by Crippen LogP contribution is -2.15. The number of imidazole rings is 1. The molecule has 1 heterocycles. The van der Waals surface area contributed by atoms with Gasteiger partial charge in [-0.2, -0.15) is 8.42 Å². The third kappa shape index (κ3) is 2.83. The molecule has 1 N–H and O–H groups in total. The van der Waals surface area contributed by atoms with Crippen molar-refractivity contribution < 1.29 is 12.8 Å². The summed E-state index contributed by atoms with van der Waals surface area (Å²) in [4.78, 5) is 3.66. The lowest BCUT2D eigenvalue weighted by Gasteiger charge is -2.07. The maximum absolute atomic E-state index is 13.5. The van der Waals surface area contributed by atoms with Crippen molar-refractivity contribution in [2.24, 2.45) is 7.05 Å². The Labute approximate surface area is 119 Å². The number of benzene rings is 1. The average Bonchev–Trinajstić information content (AvgIpc) is 2.64. The zero-order valence-electron chi connectivity index (χ0n) is 9.56. The summed E-state index contributed by atoms with van der Waals surface area (Å²) < 4.78 is 40.9. The summed E-state index contributed by atoms with van der Waals surface area (Å²) in [6.45, 7) is 0. The highest BCUT2D eigenvalue weighted by Crippen LogP contribution is 2.24. The lowest BCUT2D eigenvalue weighted by atomic mass is 10.3. The van der Waals surface area contributed by atoms with Gasteiger partial charge in [0.15, 0.2) is 0 Å². The second-order valence-corrected chi connectivity index (χ2v) is 6.07. The van der Waals surface area contributed by atoms with Gasteiger partial charge >= 0.3 is 0 Å². The summed E-state index contributed by atoms with van der Waals surface area (Å²) in [5, 5.41) is -0.274.